The second-order valence-electron chi connectivity index (χ2n) is 7.37. The SMILES string of the molecule is CC(C)OC(=O)c1ccc2c3cccc4c3c([n+](C)c2c1)-c1ccccc1O4. The molecular weight excluding hydrogens is 350 g/mol. The fourth-order valence-corrected chi connectivity index (χ4v) is 4.00. The van der Waals surface area contributed by atoms with Crippen LogP contribution in [-0.4, -0.2) is 12.1 Å². The fraction of sp³-hybridized carbons (Fsp3) is 0.167. The minimum atomic E-state index is -0.303. The van der Waals surface area contributed by atoms with Gasteiger partial charge >= 0.3 is 5.97 Å². The van der Waals surface area contributed by atoms with E-state index in [9.17, 15) is 4.79 Å². The van der Waals surface area contributed by atoms with E-state index >= 15 is 0 Å². The topological polar surface area (TPSA) is 39.4 Å². The summed E-state index contributed by atoms with van der Waals surface area (Å²) in [6.07, 6.45) is -0.152. The zero-order valence-electron chi connectivity index (χ0n) is 16.0. The van der Waals surface area contributed by atoms with E-state index in [1.54, 1.807) is 0 Å². The van der Waals surface area contributed by atoms with Gasteiger partial charge in [0, 0.05) is 11.5 Å². The molecule has 4 nitrogen and oxygen atoms in total. The zero-order chi connectivity index (χ0) is 19.4. The Morgan fingerprint density at radius 3 is 2.57 bits per heavy atom. The van der Waals surface area contributed by atoms with Gasteiger partial charge in [-0.15, -0.1) is 0 Å². The Balaban J connectivity index is 1.87. The van der Waals surface area contributed by atoms with Gasteiger partial charge in [0.25, 0.3) is 0 Å². The number of benzene rings is 3. The number of carbonyl (C=O) groups excluding carboxylic acids is 1. The minimum absolute atomic E-state index is 0.152. The van der Waals surface area contributed by atoms with Crippen LogP contribution in [0.3, 0.4) is 0 Å². The van der Waals surface area contributed by atoms with E-state index in [2.05, 4.69) is 16.7 Å². The number of esters is 1. The van der Waals surface area contributed by atoms with Gasteiger partial charge in [-0.25, -0.2) is 4.79 Å². The molecule has 0 bridgehead atoms. The monoisotopic (exact) mass is 370 g/mol. The van der Waals surface area contributed by atoms with Crippen molar-refractivity contribution in [2.45, 2.75) is 20.0 Å². The molecule has 4 aromatic rings. The number of ether oxygens (including phenoxy) is 2. The molecule has 0 amide bonds. The highest BCUT2D eigenvalue weighted by Crippen LogP contribution is 2.46. The second-order valence-corrected chi connectivity index (χ2v) is 7.37. The highest BCUT2D eigenvalue weighted by molar-refractivity contribution is 6.13. The first-order valence-corrected chi connectivity index (χ1v) is 9.41. The molecular formula is C24H20NO3+. The van der Waals surface area contributed by atoms with Crippen molar-refractivity contribution < 1.29 is 18.8 Å². The minimum Gasteiger partial charge on any atom is -0.459 e. The fourth-order valence-electron chi connectivity index (χ4n) is 4.00. The van der Waals surface area contributed by atoms with Gasteiger partial charge in [-0.3, -0.25) is 0 Å². The van der Waals surface area contributed by atoms with Crippen molar-refractivity contribution in [1.29, 1.82) is 0 Å². The first kappa shape index (κ1) is 16.8. The van der Waals surface area contributed by atoms with Crippen LogP contribution in [0, 0.1) is 0 Å². The molecule has 28 heavy (non-hydrogen) atoms. The lowest BCUT2D eigenvalue weighted by atomic mass is 9.95. The normalized spacial score (nSPS) is 12.1. The van der Waals surface area contributed by atoms with E-state index in [0.717, 1.165) is 44.4 Å². The van der Waals surface area contributed by atoms with Gasteiger partial charge in [0.15, 0.2) is 0 Å². The van der Waals surface area contributed by atoms with Crippen molar-refractivity contribution in [1.82, 2.24) is 0 Å². The van der Waals surface area contributed by atoms with E-state index in [1.165, 1.54) is 0 Å². The summed E-state index contributed by atoms with van der Waals surface area (Å²) < 4.78 is 13.7. The lowest BCUT2D eigenvalue weighted by molar-refractivity contribution is -0.632. The quantitative estimate of drug-likeness (QED) is 0.245. The summed E-state index contributed by atoms with van der Waals surface area (Å²) in [6, 6.07) is 19.9. The van der Waals surface area contributed by atoms with Gasteiger partial charge in [0.2, 0.25) is 11.2 Å². The number of aromatic nitrogens is 1. The summed E-state index contributed by atoms with van der Waals surface area (Å²) in [7, 11) is 2.04. The first-order valence-electron chi connectivity index (χ1n) is 9.41. The van der Waals surface area contributed by atoms with Crippen LogP contribution in [0.15, 0.2) is 60.7 Å². The summed E-state index contributed by atoms with van der Waals surface area (Å²) in [6.45, 7) is 3.71. The molecule has 0 saturated heterocycles. The van der Waals surface area contributed by atoms with Crippen molar-refractivity contribution in [2.24, 2.45) is 7.05 Å². The molecule has 0 fully saturated rings. The van der Waals surface area contributed by atoms with Crippen LogP contribution in [-0.2, 0) is 11.8 Å². The lowest BCUT2D eigenvalue weighted by Crippen LogP contribution is -2.33. The predicted octanol–water partition coefficient (Wildman–Crippen LogP) is 5.16. The van der Waals surface area contributed by atoms with Gasteiger partial charge in [0.1, 0.15) is 18.5 Å². The number of para-hydroxylation sites is 1. The Morgan fingerprint density at radius 2 is 1.75 bits per heavy atom. The number of hydrogen-bond acceptors (Lipinski definition) is 3. The van der Waals surface area contributed by atoms with Gasteiger partial charge in [0.05, 0.1) is 28.0 Å². The van der Waals surface area contributed by atoms with E-state index in [0.29, 0.717) is 5.56 Å². The third-order valence-electron chi connectivity index (χ3n) is 5.19. The Bertz CT molecular complexity index is 1270. The third-order valence-corrected chi connectivity index (χ3v) is 5.19. The van der Waals surface area contributed by atoms with E-state index in [4.69, 9.17) is 9.47 Å². The Morgan fingerprint density at radius 1 is 0.964 bits per heavy atom. The standard InChI is InChI=1S/C24H20NO3/c1-14(2)27-24(26)15-11-12-16-17-8-6-10-21-22(17)23(25(3)19(16)13-15)18-7-4-5-9-20(18)28-21/h4-14H,1-3H3/q+1. The second kappa shape index (κ2) is 6.06. The van der Waals surface area contributed by atoms with Crippen LogP contribution in [0.25, 0.3) is 32.9 Å². The van der Waals surface area contributed by atoms with Crippen LogP contribution in [0.5, 0.6) is 11.5 Å². The van der Waals surface area contributed by atoms with E-state index in [1.807, 2.05) is 69.4 Å². The molecule has 3 aromatic carbocycles. The van der Waals surface area contributed by atoms with Crippen LogP contribution < -0.4 is 9.30 Å². The Kier molecular flexibility index (Phi) is 3.63. The molecule has 0 N–H and O–H groups in total. The predicted molar refractivity (Wildman–Crippen MR) is 109 cm³/mol. The smallest absolute Gasteiger partial charge is 0.338 e. The number of fused-ring (bicyclic) bond motifs is 4. The number of aryl methyl sites for hydroxylation is 1. The first-order chi connectivity index (χ1) is 13.5. The molecule has 138 valence electrons. The van der Waals surface area contributed by atoms with Gasteiger partial charge in [-0.1, -0.05) is 24.3 Å². The van der Waals surface area contributed by atoms with Crippen molar-refractivity contribution in [3.8, 4) is 22.8 Å². The molecule has 0 saturated carbocycles. The molecule has 0 spiro atoms. The maximum Gasteiger partial charge on any atom is 0.338 e. The zero-order valence-corrected chi connectivity index (χ0v) is 16.0. The van der Waals surface area contributed by atoms with E-state index in [-0.39, 0.29) is 12.1 Å². The number of nitrogens with zero attached hydrogens (tertiary/aromatic N) is 1. The maximum atomic E-state index is 12.4. The van der Waals surface area contributed by atoms with Gasteiger partial charge < -0.3 is 9.47 Å². The van der Waals surface area contributed by atoms with Crippen LogP contribution in [0.4, 0.5) is 0 Å². The highest BCUT2D eigenvalue weighted by Gasteiger charge is 2.30. The van der Waals surface area contributed by atoms with Crippen molar-refractivity contribution >= 4 is 27.6 Å². The van der Waals surface area contributed by atoms with Crippen molar-refractivity contribution in [2.75, 3.05) is 0 Å². The van der Waals surface area contributed by atoms with Gasteiger partial charge in [-0.05, 0) is 44.2 Å². The number of hydrogen-bond donors (Lipinski definition) is 0. The lowest BCUT2D eigenvalue weighted by Gasteiger charge is -2.20. The molecule has 1 aromatic heterocycles. The molecule has 1 aliphatic heterocycles. The molecule has 0 unspecified atom stereocenters. The summed E-state index contributed by atoms with van der Waals surface area (Å²) in [5.74, 6) is 1.39. The maximum absolute atomic E-state index is 12.4. The molecule has 4 heteroatoms. The van der Waals surface area contributed by atoms with E-state index < -0.39 is 0 Å². The molecule has 1 aliphatic rings. The summed E-state index contributed by atoms with van der Waals surface area (Å²) in [5.41, 5.74) is 3.68. The van der Waals surface area contributed by atoms with Crippen molar-refractivity contribution in [3.05, 3.63) is 66.2 Å². The number of carbonyl (C=O) groups is 1. The molecule has 0 radical (unpaired) electrons. The average Bonchev–Trinajstić information content (AvgIpc) is 2.69. The molecule has 2 heterocycles. The van der Waals surface area contributed by atoms with Crippen molar-refractivity contribution in [3.63, 3.8) is 0 Å². The van der Waals surface area contributed by atoms with Crippen LogP contribution in [0.2, 0.25) is 0 Å². The summed E-state index contributed by atoms with van der Waals surface area (Å²) in [5, 5.41) is 3.28. The Labute approximate surface area is 162 Å². The third kappa shape index (κ3) is 2.38. The summed E-state index contributed by atoms with van der Waals surface area (Å²) in [4.78, 5) is 12.4. The largest absolute Gasteiger partial charge is 0.459 e. The molecule has 5 rings (SSSR count). The van der Waals surface area contributed by atoms with Crippen LogP contribution in [0.1, 0.15) is 24.2 Å². The Hall–Kier alpha value is -3.40. The average molecular weight is 370 g/mol. The highest BCUT2D eigenvalue weighted by atomic mass is 16.5. The van der Waals surface area contributed by atoms with Gasteiger partial charge in [-0.2, -0.15) is 4.57 Å². The molecule has 0 atom stereocenters. The summed E-state index contributed by atoms with van der Waals surface area (Å²) >= 11 is 0. The molecule has 0 aliphatic carbocycles. The number of rotatable bonds is 2. The number of pyridine rings is 1. The van der Waals surface area contributed by atoms with Crippen LogP contribution >= 0.6 is 0 Å².